The topological polar surface area (TPSA) is 64.3 Å². The minimum absolute atomic E-state index is 0.288. The summed E-state index contributed by atoms with van der Waals surface area (Å²) in [6.07, 6.45) is 6.97. The molecule has 6 heteroatoms. The number of nitrogens with zero attached hydrogens (tertiary/aromatic N) is 2. The number of carboxylic acid groups (broad SMARTS) is 1. The summed E-state index contributed by atoms with van der Waals surface area (Å²) in [5, 5.41) is 15.1. The van der Waals surface area contributed by atoms with Crippen LogP contribution in [0.3, 0.4) is 0 Å². The van der Waals surface area contributed by atoms with E-state index in [9.17, 15) is 4.79 Å². The molecule has 1 saturated carbocycles. The summed E-state index contributed by atoms with van der Waals surface area (Å²) in [4.78, 5) is 11.1. The van der Waals surface area contributed by atoms with Gasteiger partial charge in [-0.05, 0) is 18.9 Å². The maximum Gasteiger partial charge on any atom is 0.346 e. The van der Waals surface area contributed by atoms with Gasteiger partial charge in [-0.2, -0.15) is 5.10 Å². The van der Waals surface area contributed by atoms with E-state index < -0.39 is 5.97 Å². The van der Waals surface area contributed by atoms with Crippen LogP contribution in [-0.4, -0.2) is 20.9 Å². The second-order valence-electron chi connectivity index (χ2n) is 4.97. The van der Waals surface area contributed by atoms with E-state index in [2.05, 4.69) is 5.10 Å². The van der Waals surface area contributed by atoms with Crippen LogP contribution in [0.4, 0.5) is 0 Å². The third-order valence-electron chi connectivity index (χ3n) is 3.54. The van der Waals surface area contributed by atoms with Crippen LogP contribution in [0.1, 0.15) is 47.1 Å². The van der Waals surface area contributed by atoms with Crippen molar-refractivity contribution in [2.24, 2.45) is 0 Å². The van der Waals surface area contributed by atoms with Gasteiger partial charge >= 0.3 is 5.97 Å². The number of ether oxygens (including phenoxy) is 1. The molecule has 1 aliphatic rings. The number of thiophene rings is 1. The lowest BCUT2D eigenvalue weighted by atomic mass is 10.3. The van der Waals surface area contributed by atoms with Crippen LogP contribution >= 0.6 is 11.3 Å². The van der Waals surface area contributed by atoms with E-state index in [4.69, 9.17) is 9.84 Å². The number of rotatable bonds is 5. The minimum atomic E-state index is -0.921. The van der Waals surface area contributed by atoms with Gasteiger partial charge in [0.1, 0.15) is 17.2 Å². The summed E-state index contributed by atoms with van der Waals surface area (Å²) in [6, 6.07) is 4.03. The third kappa shape index (κ3) is 2.85. The number of hydrogen-bond donors (Lipinski definition) is 1. The van der Waals surface area contributed by atoms with Crippen molar-refractivity contribution in [3.05, 3.63) is 34.3 Å². The van der Waals surface area contributed by atoms with Gasteiger partial charge in [-0.25, -0.2) is 4.79 Å². The summed E-state index contributed by atoms with van der Waals surface area (Å²) >= 11 is 1.17. The molecule has 0 unspecified atom stereocenters. The molecule has 0 aromatic carbocycles. The van der Waals surface area contributed by atoms with Crippen LogP contribution in [0.15, 0.2) is 23.7 Å². The molecule has 2 aromatic heterocycles. The molecule has 0 amide bonds. The number of aromatic carboxylic acids is 1. The van der Waals surface area contributed by atoms with Gasteiger partial charge in [-0.3, -0.25) is 4.68 Å². The lowest BCUT2D eigenvalue weighted by Gasteiger charge is -2.08. The summed E-state index contributed by atoms with van der Waals surface area (Å²) in [6.45, 7) is 0.371. The Kier molecular flexibility index (Phi) is 3.73. The standard InChI is InChI=1S/C14H16N2O3S/c17-14(18)13-7-12(9-20-13)19-8-10-5-6-16(15-10)11-3-1-2-4-11/h5-7,9,11H,1-4,8H2,(H,17,18). The molecular weight excluding hydrogens is 276 g/mol. The Balaban J connectivity index is 1.58. The molecule has 1 N–H and O–H groups in total. The first kappa shape index (κ1) is 13.2. The number of aromatic nitrogens is 2. The smallest absolute Gasteiger partial charge is 0.346 e. The van der Waals surface area contributed by atoms with Crippen molar-refractivity contribution >= 4 is 17.3 Å². The van der Waals surface area contributed by atoms with Gasteiger partial charge in [0.25, 0.3) is 0 Å². The van der Waals surface area contributed by atoms with Gasteiger partial charge < -0.3 is 9.84 Å². The molecule has 0 saturated heterocycles. The summed E-state index contributed by atoms with van der Waals surface area (Å²) in [7, 11) is 0. The van der Waals surface area contributed by atoms with Crippen LogP contribution in [0.25, 0.3) is 0 Å². The van der Waals surface area contributed by atoms with Gasteiger partial charge in [-0.1, -0.05) is 12.8 Å². The highest BCUT2D eigenvalue weighted by Gasteiger charge is 2.17. The molecular formula is C14H16N2O3S. The zero-order valence-corrected chi connectivity index (χ0v) is 11.8. The van der Waals surface area contributed by atoms with E-state index in [0.29, 0.717) is 18.4 Å². The Hall–Kier alpha value is -1.82. The van der Waals surface area contributed by atoms with Gasteiger partial charge in [0.15, 0.2) is 0 Å². The summed E-state index contributed by atoms with van der Waals surface area (Å²) in [5.41, 5.74) is 0.875. The van der Waals surface area contributed by atoms with Gasteiger partial charge in [0, 0.05) is 17.6 Å². The molecule has 0 atom stereocenters. The zero-order chi connectivity index (χ0) is 13.9. The van der Waals surface area contributed by atoms with Gasteiger partial charge in [-0.15, -0.1) is 11.3 Å². The van der Waals surface area contributed by atoms with E-state index in [0.717, 1.165) is 5.69 Å². The molecule has 0 spiro atoms. The number of hydrogen-bond acceptors (Lipinski definition) is 4. The van der Waals surface area contributed by atoms with E-state index >= 15 is 0 Å². The van der Waals surface area contributed by atoms with Gasteiger partial charge in [0.05, 0.1) is 11.7 Å². The molecule has 106 valence electrons. The molecule has 1 fully saturated rings. The van der Waals surface area contributed by atoms with Crippen LogP contribution in [0.2, 0.25) is 0 Å². The van der Waals surface area contributed by atoms with Crippen molar-refractivity contribution in [2.45, 2.75) is 38.3 Å². The number of carbonyl (C=O) groups is 1. The Morgan fingerprint density at radius 3 is 3.00 bits per heavy atom. The van der Waals surface area contributed by atoms with Crippen LogP contribution in [0.5, 0.6) is 5.75 Å². The van der Waals surface area contributed by atoms with E-state index in [-0.39, 0.29) is 4.88 Å². The van der Waals surface area contributed by atoms with Crippen LogP contribution in [0, 0.1) is 0 Å². The van der Waals surface area contributed by atoms with Crippen molar-refractivity contribution in [1.82, 2.24) is 9.78 Å². The quantitative estimate of drug-likeness (QED) is 0.918. The second kappa shape index (κ2) is 5.66. The van der Waals surface area contributed by atoms with Crippen LogP contribution in [-0.2, 0) is 6.61 Å². The lowest BCUT2D eigenvalue weighted by molar-refractivity contribution is 0.0702. The fourth-order valence-corrected chi connectivity index (χ4v) is 3.15. The first-order valence-electron chi connectivity index (χ1n) is 6.71. The molecule has 3 rings (SSSR count). The second-order valence-corrected chi connectivity index (χ2v) is 5.88. The Bertz CT molecular complexity index is 599. The number of carboxylic acids is 1. The third-order valence-corrected chi connectivity index (χ3v) is 4.43. The van der Waals surface area contributed by atoms with Crippen molar-refractivity contribution in [1.29, 1.82) is 0 Å². The molecule has 2 heterocycles. The molecule has 0 aliphatic heterocycles. The first-order chi connectivity index (χ1) is 9.72. The fraction of sp³-hybridized carbons (Fsp3) is 0.429. The SMILES string of the molecule is O=C(O)c1cc(OCc2ccn(C3CCCC3)n2)cs1. The van der Waals surface area contributed by atoms with E-state index in [1.807, 2.05) is 16.9 Å². The highest BCUT2D eigenvalue weighted by atomic mass is 32.1. The molecule has 20 heavy (non-hydrogen) atoms. The summed E-state index contributed by atoms with van der Waals surface area (Å²) in [5.74, 6) is -0.335. The maximum absolute atomic E-state index is 10.8. The Labute approximate surface area is 120 Å². The highest BCUT2D eigenvalue weighted by Crippen LogP contribution is 2.29. The van der Waals surface area contributed by atoms with Crippen molar-refractivity contribution in [3.63, 3.8) is 0 Å². The van der Waals surface area contributed by atoms with E-state index in [1.165, 1.54) is 37.0 Å². The van der Waals surface area contributed by atoms with Crippen molar-refractivity contribution in [3.8, 4) is 5.75 Å². The fourth-order valence-electron chi connectivity index (χ4n) is 2.49. The average molecular weight is 292 g/mol. The Morgan fingerprint density at radius 2 is 2.30 bits per heavy atom. The first-order valence-corrected chi connectivity index (χ1v) is 7.59. The van der Waals surface area contributed by atoms with Crippen LogP contribution < -0.4 is 4.74 Å². The highest BCUT2D eigenvalue weighted by molar-refractivity contribution is 7.12. The predicted molar refractivity (Wildman–Crippen MR) is 75.3 cm³/mol. The normalized spacial score (nSPS) is 15.6. The zero-order valence-electron chi connectivity index (χ0n) is 11.0. The monoisotopic (exact) mass is 292 g/mol. The molecule has 2 aromatic rings. The molecule has 5 nitrogen and oxygen atoms in total. The minimum Gasteiger partial charge on any atom is -0.486 e. The van der Waals surface area contributed by atoms with Crippen molar-refractivity contribution in [2.75, 3.05) is 0 Å². The summed E-state index contributed by atoms with van der Waals surface area (Å²) < 4.78 is 7.60. The van der Waals surface area contributed by atoms with Crippen molar-refractivity contribution < 1.29 is 14.6 Å². The average Bonchev–Trinajstić information content (AvgIpc) is 3.17. The molecule has 0 bridgehead atoms. The largest absolute Gasteiger partial charge is 0.486 e. The Morgan fingerprint density at radius 1 is 1.50 bits per heavy atom. The molecule has 1 aliphatic carbocycles. The maximum atomic E-state index is 10.8. The molecule has 0 radical (unpaired) electrons. The predicted octanol–water partition coefficient (Wildman–Crippen LogP) is 3.34. The lowest BCUT2D eigenvalue weighted by Crippen LogP contribution is -2.06. The van der Waals surface area contributed by atoms with Gasteiger partial charge in [0.2, 0.25) is 0 Å². The van der Waals surface area contributed by atoms with E-state index in [1.54, 1.807) is 11.4 Å².